The first-order valence-electron chi connectivity index (χ1n) is 12.0. The molecule has 0 bridgehead atoms. The first kappa shape index (κ1) is 28.7. The molecule has 0 aliphatic heterocycles. The van der Waals surface area contributed by atoms with Crippen LogP contribution >= 0.6 is 11.6 Å². The highest BCUT2D eigenvalue weighted by molar-refractivity contribution is 7.92. The van der Waals surface area contributed by atoms with E-state index >= 15 is 0 Å². The van der Waals surface area contributed by atoms with Crippen molar-refractivity contribution in [2.24, 2.45) is 0 Å². The van der Waals surface area contributed by atoms with E-state index < -0.39 is 16.1 Å². The van der Waals surface area contributed by atoms with Gasteiger partial charge in [-0.2, -0.15) is 0 Å². The van der Waals surface area contributed by atoms with Gasteiger partial charge >= 0.3 is 0 Å². The van der Waals surface area contributed by atoms with E-state index in [0.29, 0.717) is 43.1 Å². The van der Waals surface area contributed by atoms with Crippen LogP contribution in [0.3, 0.4) is 0 Å². The summed E-state index contributed by atoms with van der Waals surface area (Å²) in [5, 5.41) is 3.42. The molecule has 2 rings (SSSR count). The summed E-state index contributed by atoms with van der Waals surface area (Å²) >= 11 is 5.94. The predicted octanol–water partition coefficient (Wildman–Crippen LogP) is 4.26. The predicted molar refractivity (Wildman–Crippen MR) is 142 cm³/mol. The molecule has 0 radical (unpaired) electrons. The van der Waals surface area contributed by atoms with Crippen LogP contribution in [-0.2, 0) is 26.0 Å². The quantitative estimate of drug-likeness (QED) is 0.402. The Morgan fingerprint density at radius 3 is 2.23 bits per heavy atom. The molecule has 9 heteroatoms. The molecule has 0 saturated carbocycles. The van der Waals surface area contributed by atoms with Gasteiger partial charge in [0, 0.05) is 31.1 Å². The SMILES string of the molecule is CCCNC(=O)[C@@H](CC)N(CCc1ccccc1)C(=O)CCCN(c1ccc(Cl)cc1)S(C)(=O)=O. The van der Waals surface area contributed by atoms with Crippen molar-refractivity contribution in [2.45, 2.75) is 52.0 Å². The number of anilines is 1. The highest BCUT2D eigenvalue weighted by Crippen LogP contribution is 2.21. The Balaban J connectivity index is 2.13. The van der Waals surface area contributed by atoms with Crippen LogP contribution in [0.2, 0.25) is 5.02 Å². The second-order valence-corrected chi connectivity index (χ2v) is 10.8. The van der Waals surface area contributed by atoms with Gasteiger partial charge in [0.05, 0.1) is 11.9 Å². The molecule has 2 amide bonds. The lowest BCUT2D eigenvalue weighted by Gasteiger charge is -2.31. The van der Waals surface area contributed by atoms with Crippen molar-refractivity contribution < 1.29 is 18.0 Å². The van der Waals surface area contributed by atoms with E-state index in [1.54, 1.807) is 29.2 Å². The molecular formula is C26H36ClN3O4S. The summed E-state index contributed by atoms with van der Waals surface area (Å²) in [4.78, 5) is 27.8. The molecule has 0 aliphatic carbocycles. The molecule has 0 aliphatic rings. The molecule has 2 aromatic rings. The number of hydrogen-bond acceptors (Lipinski definition) is 4. The van der Waals surface area contributed by atoms with E-state index in [1.165, 1.54) is 4.31 Å². The Morgan fingerprint density at radius 1 is 1.00 bits per heavy atom. The monoisotopic (exact) mass is 521 g/mol. The summed E-state index contributed by atoms with van der Waals surface area (Å²) in [5.41, 5.74) is 1.58. The van der Waals surface area contributed by atoms with Gasteiger partial charge < -0.3 is 10.2 Å². The smallest absolute Gasteiger partial charge is 0.242 e. The van der Waals surface area contributed by atoms with E-state index in [9.17, 15) is 18.0 Å². The zero-order valence-corrected chi connectivity index (χ0v) is 22.3. The average molecular weight is 522 g/mol. The Bertz CT molecular complexity index is 1050. The number of amides is 2. The zero-order chi connectivity index (χ0) is 25.8. The van der Waals surface area contributed by atoms with E-state index in [2.05, 4.69) is 5.32 Å². The van der Waals surface area contributed by atoms with Crippen molar-refractivity contribution in [3.8, 4) is 0 Å². The Kier molecular flexibility index (Phi) is 11.5. The lowest BCUT2D eigenvalue weighted by Crippen LogP contribution is -2.50. The lowest BCUT2D eigenvalue weighted by atomic mass is 10.1. The lowest BCUT2D eigenvalue weighted by molar-refractivity contribution is -0.140. The van der Waals surface area contributed by atoms with E-state index in [-0.39, 0.29) is 24.8 Å². The number of halogens is 1. The topological polar surface area (TPSA) is 86.8 Å². The minimum absolute atomic E-state index is 0.131. The molecule has 35 heavy (non-hydrogen) atoms. The number of carbonyl (C=O) groups excluding carboxylic acids is 2. The van der Waals surface area contributed by atoms with Gasteiger partial charge in [0.2, 0.25) is 21.8 Å². The average Bonchev–Trinajstić information content (AvgIpc) is 2.83. The summed E-state index contributed by atoms with van der Waals surface area (Å²) in [6, 6.07) is 15.8. The van der Waals surface area contributed by atoms with Gasteiger partial charge in [0.1, 0.15) is 6.04 Å². The standard InChI is InChI=1S/C26H36ClN3O4S/c1-4-18-28-26(32)24(5-2)29(20-17-21-10-7-6-8-11-21)25(31)12-9-19-30(35(3,33)34)23-15-13-22(27)14-16-23/h6-8,10-11,13-16,24H,4-5,9,12,17-20H2,1-3H3,(H,28,32)/t24-/m1/s1. The molecule has 0 fully saturated rings. The van der Waals surface area contributed by atoms with Crippen LogP contribution in [0, 0.1) is 0 Å². The number of hydrogen-bond donors (Lipinski definition) is 1. The van der Waals surface area contributed by atoms with Gasteiger partial charge in [-0.1, -0.05) is 55.8 Å². The van der Waals surface area contributed by atoms with Crippen LogP contribution in [0.4, 0.5) is 5.69 Å². The number of carbonyl (C=O) groups is 2. The molecular weight excluding hydrogens is 486 g/mol. The number of sulfonamides is 1. The Hall–Kier alpha value is -2.58. The molecule has 0 aromatic heterocycles. The minimum Gasteiger partial charge on any atom is -0.354 e. The van der Waals surface area contributed by atoms with Gasteiger partial charge in [-0.25, -0.2) is 8.42 Å². The van der Waals surface area contributed by atoms with E-state index in [4.69, 9.17) is 11.6 Å². The van der Waals surface area contributed by atoms with Crippen LogP contribution in [0.1, 0.15) is 45.1 Å². The third-order valence-electron chi connectivity index (χ3n) is 5.69. The largest absolute Gasteiger partial charge is 0.354 e. The van der Waals surface area contributed by atoms with Crippen molar-refractivity contribution in [3.05, 3.63) is 65.2 Å². The van der Waals surface area contributed by atoms with Crippen molar-refractivity contribution in [1.29, 1.82) is 0 Å². The highest BCUT2D eigenvalue weighted by atomic mass is 35.5. The molecule has 0 unspecified atom stereocenters. The van der Waals surface area contributed by atoms with Gasteiger partial charge in [0.25, 0.3) is 0 Å². The Labute approximate surface area is 214 Å². The van der Waals surface area contributed by atoms with E-state index in [0.717, 1.165) is 18.2 Å². The van der Waals surface area contributed by atoms with Crippen molar-refractivity contribution in [3.63, 3.8) is 0 Å². The second kappa shape index (κ2) is 14.1. The summed E-state index contributed by atoms with van der Waals surface area (Å²) in [7, 11) is -3.54. The maximum absolute atomic E-state index is 13.3. The third kappa shape index (κ3) is 9.18. The fraction of sp³-hybridized carbons (Fsp3) is 0.462. The number of nitrogens with zero attached hydrogens (tertiary/aromatic N) is 2. The van der Waals surface area contributed by atoms with Crippen LogP contribution in [-0.4, -0.2) is 57.1 Å². The van der Waals surface area contributed by atoms with Crippen LogP contribution in [0.15, 0.2) is 54.6 Å². The fourth-order valence-electron chi connectivity index (χ4n) is 3.87. The summed E-state index contributed by atoms with van der Waals surface area (Å²) in [5.74, 6) is -0.321. The van der Waals surface area contributed by atoms with Crippen LogP contribution < -0.4 is 9.62 Å². The fourth-order valence-corrected chi connectivity index (χ4v) is 4.96. The van der Waals surface area contributed by atoms with Crippen molar-refractivity contribution in [2.75, 3.05) is 30.2 Å². The molecule has 7 nitrogen and oxygen atoms in total. The van der Waals surface area contributed by atoms with Crippen LogP contribution in [0.25, 0.3) is 0 Å². The second-order valence-electron chi connectivity index (χ2n) is 8.45. The number of rotatable bonds is 14. The molecule has 0 spiro atoms. The molecule has 1 N–H and O–H groups in total. The number of nitrogens with one attached hydrogen (secondary N) is 1. The molecule has 192 valence electrons. The van der Waals surface area contributed by atoms with Crippen LogP contribution in [0.5, 0.6) is 0 Å². The molecule has 0 saturated heterocycles. The summed E-state index contributed by atoms with van der Waals surface area (Å²) in [6.07, 6.45) is 3.53. The maximum atomic E-state index is 13.3. The third-order valence-corrected chi connectivity index (χ3v) is 7.13. The van der Waals surface area contributed by atoms with Crippen molar-refractivity contribution in [1.82, 2.24) is 10.2 Å². The Morgan fingerprint density at radius 2 is 1.66 bits per heavy atom. The first-order chi connectivity index (χ1) is 16.7. The molecule has 2 aromatic carbocycles. The maximum Gasteiger partial charge on any atom is 0.242 e. The molecule has 0 heterocycles. The van der Waals surface area contributed by atoms with Gasteiger partial charge in [-0.15, -0.1) is 0 Å². The highest BCUT2D eigenvalue weighted by Gasteiger charge is 2.28. The summed E-state index contributed by atoms with van der Waals surface area (Å²) in [6.45, 7) is 4.99. The first-order valence-corrected chi connectivity index (χ1v) is 14.2. The van der Waals surface area contributed by atoms with Gasteiger partial charge in [-0.3, -0.25) is 13.9 Å². The number of benzene rings is 2. The minimum atomic E-state index is -3.54. The normalized spacial score (nSPS) is 12.1. The molecule has 1 atom stereocenters. The van der Waals surface area contributed by atoms with E-state index in [1.807, 2.05) is 44.2 Å². The van der Waals surface area contributed by atoms with Gasteiger partial charge in [0.15, 0.2) is 0 Å². The zero-order valence-electron chi connectivity index (χ0n) is 20.7. The summed E-state index contributed by atoms with van der Waals surface area (Å²) < 4.78 is 26.0. The van der Waals surface area contributed by atoms with Gasteiger partial charge in [-0.05, 0) is 55.5 Å². The van der Waals surface area contributed by atoms with Crippen molar-refractivity contribution >= 4 is 39.1 Å².